The first-order valence-corrected chi connectivity index (χ1v) is 7.27. The summed E-state index contributed by atoms with van der Waals surface area (Å²) in [6, 6.07) is -0.490. The van der Waals surface area contributed by atoms with Gasteiger partial charge in [0.25, 0.3) is 0 Å². The molecule has 0 saturated heterocycles. The Balaban J connectivity index is 2.10. The predicted molar refractivity (Wildman–Crippen MR) is 74.2 cm³/mol. The normalized spacial score (nSPS) is 16.6. The largest absolute Gasteiger partial charge is 0.481 e. The lowest BCUT2D eigenvalue weighted by atomic mass is 10.0. The van der Waals surface area contributed by atoms with Crippen LogP contribution in [-0.2, 0) is 9.59 Å². The van der Waals surface area contributed by atoms with Gasteiger partial charge in [0, 0.05) is 19.4 Å². The van der Waals surface area contributed by atoms with Crippen molar-refractivity contribution >= 4 is 17.9 Å². The van der Waals surface area contributed by atoms with Crippen LogP contribution in [0.4, 0.5) is 4.79 Å². The van der Waals surface area contributed by atoms with Gasteiger partial charge in [0.05, 0.1) is 0 Å². The van der Waals surface area contributed by atoms with Gasteiger partial charge in [-0.25, -0.2) is 4.79 Å². The zero-order valence-corrected chi connectivity index (χ0v) is 12.0. The molecule has 0 aromatic heterocycles. The van der Waals surface area contributed by atoms with Crippen molar-refractivity contribution in [1.29, 1.82) is 0 Å². The molecule has 1 aliphatic rings. The molecule has 0 aliphatic heterocycles. The van der Waals surface area contributed by atoms with Crippen molar-refractivity contribution in [3.05, 3.63) is 0 Å². The maximum atomic E-state index is 11.5. The predicted octanol–water partition coefficient (Wildman–Crippen LogP) is 1.89. The number of urea groups is 1. The number of carbonyl (C=O) groups is 3. The summed E-state index contributed by atoms with van der Waals surface area (Å²) in [6.07, 6.45) is 5.94. The molecule has 1 aliphatic carbocycles. The van der Waals surface area contributed by atoms with E-state index >= 15 is 0 Å². The van der Waals surface area contributed by atoms with Crippen LogP contribution >= 0.6 is 0 Å². The third-order valence-corrected chi connectivity index (χ3v) is 3.62. The minimum atomic E-state index is -0.939. The van der Waals surface area contributed by atoms with E-state index in [0.717, 1.165) is 6.42 Å². The Morgan fingerprint density at radius 2 is 1.85 bits per heavy atom. The summed E-state index contributed by atoms with van der Waals surface area (Å²) in [5.41, 5.74) is 0. The molecule has 114 valence electrons. The molecule has 0 aromatic carbocycles. The van der Waals surface area contributed by atoms with Crippen LogP contribution in [0.15, 0.2) is 0 Å². The van der Waals surface area contributed by atoms with Crippen LogP contribution in [0.25, 0.3) is 0 Å². The Bertz CT molecular complexity index is 351. The van der Waals surface area contributed by atoms with Gasteiger partial charge >= 0.3 is 12.0 Å². The lowest BCUT2D eigenvalue weighted by Gasteiger charge is -2.11. The van der Waals surface area contributed by atoms with E-state index in [1.807, 2.05) is 0 Å². The molecule has 1 unspecified atom stereocenters. The van der Waals surface area contributed by atoms with Gasteiger partial charge in [0.2, 0.25) is 5.91 Å². The fraction of sp³-hybridized carbons (Fsp3) is 0.786. The molecule has 3 amide bonds. The van der Waals surface area contributed by atoms with Gasteiger partial charge in [-0.15, -0.1) is 0 Å². The number of rotatable bonds is 7. The van der Waals surface area contributed by atoms with E-state index in [1.165, 1.54) is 25.7 Å². The maximum Gasteiger partial charge on any atom is 0.321 e. The van der Waals surface area contributed by atoms with Crippen molar-refractivity contribution in [2.75, 3.05) is 6.54 Å². The van der Waals surface area contributed by atoms with Crippen LogP contribution in [0.5, 0.6) is 0 Å². The molecule has 3 N–H and O–H groups in total. The van der Waals surface area contributed by atoms with Gasteiger partial charge in [-0.2, -0.15) is 0 Å². The second kappa shape index (κ2) is 8.55. The molecular weight excluding hydrogens is 260 g/mol. The molecule has 0 heterocycles. The zero-order valence-electron chi connectivity index (χ0n) is 12.0. The van der Waals surface area contributed by atoms with E-state index in [4.69, 9.17) is 5.11 Å². The molecule has 1 rings (SSSR count). The van der Waals surface area contributed by atoms with Crippen LogP contribution in [0.3, 0.4) is 0 Å². The van der Waals surface area contributed by atoms with Crippen molar-refractivity contribution in [2.24, 2.45) is 11.8 Å². The van der Waals surface area contributed by atoms with E-state index in [2.05, 4.69) is 10.6 Å². The van der Waals surface area contributed by atoms with E-state index in [0.29, 0.717) is 12.5 Å². The standard InChI is InChI=1S/C14H24N2O4/c1-10(9-13(18)19)8-12(17)16-14(20)15-7-6-11-4-2-3-5-11/h10-11H,2-9H2,1H3,(H,18,19)(H2,15,16,17,20). The summed E-state index contributed by atoms with van der Waals surface area (Å²) in [6.45, 7) is 2.25. The fourth-order valence-corrected chi connectivity index (χ4v) is 2.60. The van der Waals surface area contributed by atoms with Crippen LogP contribution in [0.2, 0.25) is 0 Å². The second-order valence-electron chi connectivity index (χ2n) is 5.65. The van der Waals surface area contributed by atoms with Crippen molar-refractivity contribution < 1.29 is 19.5 Å². The molecule has 20 heavy (non-hydrogen) atoms. The Hall–Kier alpha value is -1.59. The Kier molecular flexibility index (Phi) is 7.04. The Morgan fingerprint density at radius 1 is 1.20 bits per heavy atom. The first kappa shape index (κ1) is 16.5. The van der Waals surface area contributed by atoms with Gasteiger partial charge in [-0.1, -0.05) is 32.6 Å². The number of carbonyl (C=O) groups excluding carboxylic acids is 2. The van der Waals surface area contributed by atoms with Gasteiger partial charge < -0.3 is 10.4 Å². The van der Waals surface area contributed by atoms with Gasteiger partial charge in [-0.3, -0.25) is 14.9 Å². The number of nitrogens with one attached hydrogen (secondary N) is 2. The van der Waals surface area contributed by atoms with Crippen molar-refractivity contribution in [3.8, 4) is 0 Å². The highest BCUT2D eigenvalue weighted by Crippen LogP contribution is 2.26. The first-order valence-electron chi connectivity index (χ1n) is 7.27. The first-order chi connectivity index (χ1) is 9.47. The molecule has 6 nitrogen and oxygen atoms in total. The highest BCUT2D eigenvalue weighted by Gasteiger charge is 2.16. The monoisotopic (exact) mass is 284 g/mol. The molecule has 1 fully saturated rings. The molecule has 0 spiro atoms. The number of imide groups is 1. The number of carboxylic acid groups (broad SMARTS) is 1. The minimum absolute atomic E-state index is 0.0440. The van der Waals surface area contributed by atoms with Crippen LogP contribution in [0, 0.1) is 11.8 Å². The van der Waals surface area contributed by atoms with Crippen molar-refractivity contribution in [3.63, 3.8) is 0 Å². The quantitative estimate of drug-likeness (QED) is 0.665. The van der Waals surface area contributed by atoms with Crippen LogP contribution < -0.4 is 10.6 Å². The number of amides is 3. The Morgan fingerprint density at radius 3 is 2.45 bits per heavy atom. The van der Waals surface area contributed by atoms with Gasteiger partial charge in [-0.05, 0) is 18.3 Å². The summed E-state index contributed by atoms with van der Waals surface area (Å²) in [5, 5.41) is 13.5. The van der Waals surface area contributed by atoms with Gasteiger partial charge in [0.15, 0.2) is 0 Å². The average molecular weight is 284 g/mol. The molecule has 0 aromatic rings. The van der Waals surface area contributed by atoms with Crippen LogP contribution in [-0.4, -0.2) is 29.6 Å². The SMILES string of the molecule is CC(CC(=O)O)CC(=O)NC(=O)NCCC1CCCC1. The van der Waals surface area contributed by atoms with E-state index in [1.54, 1.807) is 6.92 Å². The highest BCUT2D eigenvalue weighted by molar-refractivity contribution is 5.94. The zero-order chi connectivity index (χ0) is 15.0. The molecule has 1 saturated carbocycles. The third-order valence-electron chi connectivity index (χ3n) is 3.62. The summed E-state index contributed by atoms with van der Waals surface area (Å²) in [4.78, 5) is 33.4. The minimum Gasteiger partial charge on any atom is -0.481 e. The number of carboxylic acids is 1. The summed E-state index contributed by atoms with van der Waals surface area (Å²) >= 11 is 0. The highest BCUT2D eigenvalue weighted by atomic mass is 16.4. The fourth-order valence-electron chi connectivity index (χ4n) is 2.60. The van der Waals surface area contributed by atoms with Crippen molar-refractivity contribution in [1.82, 2.24) is 10.6 Å². The molecule has 1 atom stereocenters. The smallest absolute Gasteiger partial charge is 0.321 e. The van der Waals surface area contributed by atoms with Gasteiger partial charge in [0.1, 0.15) is 0 Å². The summed E-state index contributed by atoms with van der Waals surface area (Å²) in [5.74, 6) is -0.955. The van der Waals surface area contributed by atoms with Crippen LogP contribution in [0.1, 0.15) is 51.9 Å². The summed E-state index contributed by atoms with van der Waals surface area (Å²) in [7, 11) is 0. The topological polar surface area (TPSA) is 95.5 Å². The van der Waals surface area contributed by atoms with E-state index in [9.17, 15) is 14.4 Å². The molecular formula is C14H24N2O4. The number of hydrogen-bond acceptors (Lipinski definition) is 3. The molecule has 0 bridgehead atoms. The Labute approximate surface area is 119 Å². The maximum absolute atomic E-state index is 11.5. The number of aliphatic carboxylic acids is 1. The van der Waals surface area contributed by atoms with E-state index < -0.39 is 17.9 Å². The molecule has 6 heteroatoms. The third kappa shape index (κ3) is 7.11. The lowest BCUT2D eigenvalue weighted by Crippen LogP contribution is -2.40. The second-order valence-corrected chi connectivity index (χ2v) is 5.65. The average Bonchev–Trinajstić information content (AvgIpc) is 2.80. The molecule has 0 radical (unpaired) electrons. The van der Waals surface area contributed by atoms with E-state index in [-0.39, 0.29) is 18.8 Å². The number of hydrogen-bond donors (Lipinski definition) is 3. The van der Waals surface area contributed by atoms with Crippen molar-refractivity contribution in [2.45, 2.75) is 51.9 Å². The summed E-state index contributed by atoms with van der Waals surface area (Å²) < 4.78 is 0. The lowest BCUT2D eigenvalue weighted by molar-refractivity contribution is -0.138.